The van der Waals surface area contributed by atoms with Crippen LogP contribution < -0.4 is 10.6 Å². The number of nitrogens with one attached hydrogen (secondary N) is 2. The average Bonchev–Trinajstić information content (AvgIpc) is 2.88. The lowest BCUT2D eigenvalue weighted by Crippen LogP contribution is -2.21. The number of rotatable bonds is 6. The summed E-state index contributed by atoms with van der Waals surface area (Å²) in [5.74, 6) is 1.57. The van der Waals surface area contributed by atoms with Gasteiger partial charge in [-0.3, -0.25) is 4.79 Å². The number of hydrogen-bond donors (Lipinski definition) is 2. The summed E-state index contributed by atoms with van der Waals surface area (Å²) in [5, 5.41) is 9.94. The highest BCUT2D eigenvalue weighted by Gasteiger charge is 2.13. The van der Waals surface area contributed by atoms with Gasteiger partial charge in [-0.15, -0.1) is 0 Å². The summed E-state index contributed by atoms with van der Waals surface area (Å²) in [6.45, 7) is 5.90. The van der Waals surface area contributed by atoms with E-state index in [-0.39, 0.29) is 11.8 Å². The van der Waals surface area contributed by atoms with Crippen molar-refractivity contribution in [3.8, 4) is 0 Å². The second kappa shape index (κ2) is 6.92. The fraction of sp³-hybridized carbons (Fsp3) is 0.375. The molecule has 0 aliphatic carbocycles. The molecule has 0 aliphatic heterocycles. The minimum atomic E-state index is 0.0703. The Morgan fingerprint density at radius 2 is 1.81 bits per heavy atom. The fourth-order valence-electron chi connectivity index (χ4n) is 2.11. The Balaban J connectivity index is 1.97. The molecule has 0 fully saturated rings. The number of carbonyl (C=O) groups excluding carboxylic acids is 1. The van der Waals surface area contributed by atoms with Crippen molar-refractivity contribution in [2.24, 2.45) is 5.92 Å². The molecule has 1 heterocycles. The van der Waals surface area contributed by atoms with Gasteiger partial charge in [0, 0.05) is 23.4 Å². The molecule has 5 heteroatoms. The Bertz CT molecular complexity index is 586. The molecule has 112 valence electrons. The predicted octanol–water partition coefficient (Wildman–Crippen LogP) is 4.10. The van der Waals surface area contributed by atoms with Crippen LogP contribution in [0.25, 0.3) is 0 Å². The Kier molecular flexibility index (Phi) is 4.98. The Hall–Kier alpha value is -2.30. The van der Waals surface area contributed by atoms with Gasteiger partial charge in [-0.25, -0.2) is 0 Å². The first-order chi connectivity index (χ1) is 10.1. The molecule has 0 spiro atoms. The minimum absolute atomic E-state index is 0.0703. The van der Waals surface area contributed by atoms with E-state index in [9.17, 15) is 4.79 Å². The Labute approximate surface area is 124 Å². The summed E-state index contributed by atoms with van der Waals surface area (Å²) < 4.78 is 4.99. The van der Waals surface area contributed by atoms with Crippen LogP contribution in [-0.2, 0) is 4.79 Å². The SMILES string of the molecule is CCC(CC)C(=O)Nc1ccc(Nc2cc(C)on2)cc1. The van der Waals surface area contributed by atoms with E-state index in [0.29, 0.717) is 5.82 Å². The number of anilines is 3. The quantitative estimate of drug-likeness (QED) is 0.839. The van der Waals surface area contributed by atoms with Crippen LogP contribution in [0.15, 0.2) is 34.9 Å². The number of aryl methyl sites for hydroxylation is 1. The maximum atomic E-state index is 12.0. The molecule has 0 unspecified atom stereocenters. The third-order valence-electron chi connectivity index (χ3n) is 3.41. The number of hydrogen-bond acceptors (Lipinski definition) is 4. The fourth-order valence-corrected chi connectivity index (χ4v) is 2.11. The van der Waals surface area contributed by atoms with Crippen LogP contribution in [0.3, 0.4) is 0 Å². The van der Waals surface area contributed by atoms with E-state index < -0.39 is 0 Å². The highest BCUT2D eigenvalue weighted by atomic mass is 16.5. The standard InChI is InChI=1S/C16H21N3O2/c1-4-12(5-2)16(20)18-14-8-6-13(7-9-14)17-15-10-11(3)21-19-15/h6-10,12H,4-5H2,1-3H3,(H,17,19)(H,18,20). The monoisotopic (exact) mass is 287 g/mol. The molecule has 2 N–H and O–H groups in total. The van der Waals surface area contributed by atoms with E-state index in [2.05, 4.69) is 15.8 Å². The molecule has 1 aromatic carbocycles. The van der Waals surface area contributed by atoms with Crippen molar-refractivity contribution in [3.05, 3.63) is 36.1 Å². The highest BCUT2D eigenvalue weighted by molar-refractivity contribution is 5.92. The third-order valence-corrected chi connectivity index (χ3v) is 3.41. The first-order valence-corrected chi connectivity index (χ1v) is 7.23. The van der Waals surface area contributed by atoms with Crippen molar-refractivity contribution >= 4 is 23.1 Å². The second-order valence-corrected chi connectivity index (χ2v) is 5.03. The normalized spacial score (nSPS) is 10.7. The summed E-state index contributed by atoms with van der Waals surface area (Å²) >= 11 is 0. The zero-order valence-electron chi connectivity index (χ0n) is 12.6. The lowest BCUT2D eigenvalue weighted by molar-refractivity contribution is -0.120. The third kappa shape index (κ3) is 4.08. The van der Waals surface area contributed by atoms with E-state index >= 15 is 0 Å². The molecular formula is C16H21N3O2. The number of benzene rings is 1. The first-order valence-electron chi connectivity index (χ1n) is 7.23. The summed E-state index contributed by atoms with van der Waals surface area (Å²) in [4.78, 5) is 12.0. The maximum absolute atomic E-state index is 12.0. The van der Waals surface area contributed by atoms with Crippen molar-refractivity contribution < 1.29 is 9.32 Å². The Morgan fingerprint density at radius 3 is 2.33 bits per heavy atom. The van der Waals surface area contributed by atoms with Gasteiger partial charge in [0.1, 0.15) is 5.76 Å². The van der Waals surface area contributed by atoms with Gasteiger partial charge in [-0.05, 0) is 44.0 Å². The number of carbonyl (C=O) groups is 1. The minimum Gasteiger partial charge on any atom is -0.360 e. The van der Waals surface area contributed by atoms with Crippen molar-refractivity contribution in [1.29, 1.82) is 0 Å². The molecule has 0 saturated carbocycles. The van der Waals surface area contributed by atoms with E-state index in [4.69, 9.17) is 4.52 Å². The largest absolute Gasteiger partial charge is 0.360 e. The molecule has 0 aliphatic rings. The molecule has 5 nitrogen and oxygen atoms in total. The molecule has 0 bridgehead atoms. The molecule has 1 amide bonds. The van der Waals surface area contributed by atoms with E-state index in [0.717, 1.165) is 30.0 Å². The van der Waals surface area contributed by atoms with Crippen LogP contribution in [0.2, 0.25) is 0 Å². The lowest BCUT2D eigenvalue weighted by atomic mass is 10.0. The molecular weight excluding hydrogens is 266 g/mol. The van der Waals surface area contributed by atoms with Gasteiger partial charge < -0.3 is 15.2 Å². The molecule has 21 heavy (non-hydrogen) atoms. The van der Waals surface area contributed by atoms with Gasteiger partial charge in [-0.2, -0.15) is 0 Å². The van der Waals surface area contributed by atoms with Crippen molar-refractivity contribution in [2.45, 2.75) is 33.6 Å². The van der Waals surface area contributed by atoms with E-state index in [1.165, 1.54) is 0 Å². The zero-order chi connectivity index (χ0) is 15.2. The van der Waals surface area contributed by atoms with Gasteiger partial charge in [0.05, 0.1) is 0 Å². The highest BCUT2D eigenvalue weighted by Crippen LogP contribution is 2.19. The molecule has 0 saturated heterocycles. The van der Waals surface area contributed by atoms with Gasteiger partial charge in [0.15, 0.2) is 5.82 Å². The van der Waals surface area contributed by atoms with E-state index in [1.54, 1.807) is 0 Å². The molecule has 0 radical (unpaired) electrons. The number of nitrogens with zero attached hydrogens (tertiary/aromatic N) is 1. The van der Waals surface area contributed by atoms with Crippen LogP contribution in [0.4, 0.5) is 17.2 Å². The van der Waals surface area contributed by atoms with Crippen molar-refractivity contribution in [2.75, 3.05) is 10.6 Å². The van der Waals surface area contributed by atoms with Crippen LogP contribution in [0, 0.1) is 12.8 Å². The van der Waals surface area contributed by atoms with Crippen molar-refractivity contribution in [3.63, 3.8) is 0 Å². The smallest absolute Gasteiger partial charge is 0.227 e. The summed E-state index contributed by atoms with van der Waals surface area (Å²) in [7, 11) is 0. The summed E-state index contributed by atoms with van der Waals surface area (Å²) in [6, 6.07) is 9.35. The zero-order valence-corrected chi connectivity index (χ0v) is 12.6. The summed E-state index contributed by atoms with van der Waals surface area (Å²) in [5.41, 5.74) is 1.69. The number of amides is 1. The molecule has 2 rings (SSSR count). The molecule has 0 atom stereocenters. The van der Waals surface area contributed by atoms with Gasteiger partial charge in [0.25, 0.3) is 0 Å². The van der Waals surface area contributed by atoms with Crippen LogP contribution in [-0.4, -0.2) is 11.1 Å². The van der Waals surface area contributed by atoms with Gasteiger partial charge in [-0.1, -0.05) is 19.0 Å². The van der Waals surface area contributed by atoms with Gasteiger partial charge >= 0.3 is 0 Å². The topological polar surface area (TPSA) is 67.2 Å². The van der Waals surface area contributed by atoms with Crippen LogP contribution >= 0.6 is 0 Å². The van der Waals surface area contributed by atoms with Crippen LogP contribution in [0.5, 0.6) is 0 Å². The van der Waals surface area contributed by atoms with E-state index in [1.807, 2.05) is 51.1 Å². The molecule has 2 aromatic rings. The lowest BCUT2D eigenvalue weighted by Gasteiger charge is -2.13. The molecule has 1 aromatic heterocycles. The second-order valence-electron chi connectivity index (χ2n) is 5.03. The van der Waals surface area contributed by atoms with Crippen molar-refractivity contribution in [1.82, 2.24) is 5.16 Å². The predicted molar refractivity (Wildman–Crippen MR) is 83.7 cm³/mol. The number of aromatic nitrogens is 1. The average molecular weight is 287 g/mol. The van der Waals surface area contributed by atoms with Crippen LogP contribution in [0.1, 0.15) is 32.4 Å². The first kappa shape index (κ1) is 15.1. The Morgan fingerprint density at radius 1 is 1.19 bits per heavy atom. The summed E-state index contributed by atoms with van der Waals surface area (Å²) in [6.07, 6.45) is 1.71. The maximum Gasteiger partial charge on any atom is 0.227 e. The van der Waals surface area contributed by atoms with Gasteiger partial charge in [0.2, 0.25) is 5.91 Å².